The number of hydrogen-bond acceptors (Lipinski definition) is 4. The third-order valence-corrected chi connectivity index (χ3v) is 4.43. The van der Waals surface area contributed by atoms with Gasteiger partial charge < -0.3 is 5.32 Å². The van der Waals surface area contributed by atoms with Gasteiger partial charge in [-0.25, -0.2) is 8.42 Å². The number of sulfonamides is 1. The van der Waals surface area contributed by atoms with Crippen LogP contribution in [0.4, 0.5) is 5.69 Å². The number of anilines is 1. The summed E-state index contributed by atoms with van der Waals surface area (Å²) in [4.78, 5) is 17.2. The van der Waals surface area contributed by atoms with Crippen LogP contribution in [0.3, 0.4) is 0 Å². The highest BCUT2D eigenvalue weighted by atomic mass is 32.2. The van der Waals surface area contributed by atoms with Crippen LogP contribution in [0, 0.1) is 0 Å². The zero-order valence-corrected chi connectivity index (χ0v) is 15.5. The fourth-order valence-electron chi connectivity index (χ4n) is 2.67. The molecule has 0 aliphatic heterocycles. The Morgan fingerprint density at radius 1 is 0.963 bits per heavy atom. The molecule has 1 amide bonds. The van der Waals surface area contributed by atoms with Crippen molar-refractivity contribution in [2.45, 2.75) is 6.04 Å². The number of benzene rings is 2. The average molecular weight is 381 g/mol. The summed E-state index contributed by atoms with van der Waals surface area (Å²) in [6, 6.07) is 21.0. The van der Waals surface area contributed by atoms with Crippen molar-refractivity contribution in [1.82, 2.24) is 10.3 Å². The van der Waals surface area contributed by atoms with E-state index in [9.17, 15) is 13.2 Å². The van der Waals surface area contributed by atoms with Crippen molar-refractivity contribution < 1.29 is 13.2 Å². The number of pyridine rings is 1. The Bertz CT molecular complexity index is 983. The summed E-state index contributed by atoms with van der Waals surface area (Å²) in [6.45, 7) is 0. The summed E-state index contributed by atoms with van der Waals surface area (Å²) in [5.41, 5.74) is 2.29. The molecule has 7 heteroatoms. The largest absolute Gasteiger partial charge is 0.340 e. The molecular weight excluding hydrogens is 362 g/mol. The molecule has 0 fully saturated rings. The van der Waals surface area contributed by atoms with Gasteiger partial charge in [-0.15, -0.1) is 0 Å². The number of aromatic nitrogens is 1. The van der Waals surface area contributed by atoms with Crippen LogP contribution in [0.5, 0.6) is 0 Å². The highest BCUT2D eigenvalue weighted by Gasteiger charge is 2.19. The molecule has 0 spiro atoms. The van der Waals surface area contributed by atoms with Crippen molar-refractivity contribution in [2.24, 2.45) is 0 Å². The van der Waals surface area contributed by atoms with E-state index in [2.05, 4.69) is 15.0 Å². The summed E-state index contributed by atoms with van der Waals surface area (Å²) >= 11 is 0. The molecule has 0 aliphatic rings. The number of nitrogens with zero attached hydrogens (tertiary/aromatic N) is 1. The van der Waals surface area contributed by atoms with Crippen molar-refractivity contribution in [1.29, 1.82) is 0 Å². The Labute approximate surface area is 158 Å². The smallest absolute Gasteiger partial charge is 0.252 e. The van der Waals surface area contributed by atoms with Gasteiger partial charge in [0.15, 0.2) is 0 Å². The quantitative estimate of drug-likeness (QED) is 0.687. The number of amides is 1. The van der Waals surface area contributed by atoms with E-state index in [1.165, 1.54) is 6.07 Å². The lowest BCUT2D eigenvalue weighted by molar-refractivity contribution is 0.0942. The van der Waals surface area contributed by atoms with Crippen LogP contribution in [0.15, 0.2) is 79.0 Å². The summed E-state index contributed by atoms with van der Waals surface area (Å²) in [7, 11) is -3.42. The highest BCUT2D eigenvalue weighted by Crippen LogP contribution is 2.21. The molecule has 6 nitrogen and oxygen atoms in total. The molecule has 0 bridgehead atoms. The van der Waals surface area contributed by atoms with Crippen LogP contribution in [-0.4, -0.2) is 25.6 Å². The number of rotatable bonds is 6. The van der Waals surface area contributed by atoms with Crippen LogP contribution in [0.25, 0.3) is 0 Å². The lowest BCUT2D eigenvalue weighted by Gasteiger charge is -2.19. The Balaban J connectivity index is 1.88. The summed E-state index contributed by atoms with van der Waals surface area (Å²) in [6.07, 6.45) is 2.74. The van der Waals surface area contributed by atoms with Crippen LogP contribution in [0.1, 0.15) is 27.7 Å². The van der Waals surface area contributed by atoms with Gasteiger partial charge in [0.25, 0.3) is 5.91 Å². The van der Waals surface area contributed by atoms with E-state index < -0.39 is 16.1 Å². The Hall–Kier alpha value is -3.19. The van der Waals surface area contributed by atoms with Gasteiger partial charge in [0.2, 0.25) is 10.0 Å². The first-order valence-corrected chi connectivity index (χ1v) is 10.2. The van der Waals surface area contributed by atoms with E-state index in [4.69, 9.17) is 0 Å². The molecule has 2 aromatic carbocycles. The van der Waals surface area contributed by atoms with E-state index >= 15 is 0 Å². The van der Waals surface area contributed by atoms with Gasteiger partial charge in [-0.3, -0.25) is 14.5 Å². The third-order valence-electron chi connectivity index (χ3n) is 3.82. The number of nitrogens with one attached hydrogen (secondary N) is 2. The molecule has 1 aromatic heterocycles. The predicted molar refractivity (Wildman–Crippen MR) is 105 cm³/mol. The van der Waals surface area contributed by atoms with E-state index in [1.807, 2.05) is 48.5 Å². The van der Waals surface area contributed by atoms with Crippen molar-refractivity contribution in [2.75, 3.05) is 11.0 Å². The second kappa shape index (κ2) is 8.01. The molecule has 1 unspecified atom stereocenters. The maximum atomic E-state index is 12.8. The van der Waals surface area contributed by atoms with E-state index in [0.29, 0.717) is 16.9 Å². The maximum Gasteiger partial charge on any atom is 0.252 e. The average Bonchev–Trinajstić information content (AvgIpc) is 2.66. The normalized spacial score (nSPS) is 12.2. The standard InChI is InChI=1S/C20H19N3O3S/c1-27(25,26)23-17-11-7-10-16(14-17)20(24)22-19(15-8-3-2-4-9-15)18-12-5-6-13-21-18/h2-14,19,23H,1H3,(H,22,24). The van der Waals surface area contributed by atoms with Crippen LogP contribution < -0.4 is 10.0 Å². The Morgan fingerprint density at radius 2 is 1.70 bits per heavy atom. The van der Waals surface area contributed by atoms with Crippen molar-refractivity contribution >= 4 is 21.6 Å². The molecule has 3 aromatic rings. The third kappa shape index (κ3) is 5.15. The monoisotopic (exact) mass is 381 g/mol. The Kier molecular flexibility index (Phi) is 5.52. The molecule has 0 saturated heterocycles. The molecule has 27 heavy (non-hydrogen) atoms. The van der Waals surface area contributed by atoms with Crippen molar-refractivity contribution in [3.05, 3.63) is 95.8 Å². The molecule has 0 saturated carbocycles. The second-order valence-electron chi connectivity index (χ2n) is 6.03. The molecule has 3 rings (SSSR count). The highest BCUT2D eigenvalue weighted by molar-refractivity contribution is 7.92. The van der Waals surface area contributed by atoms with Crippen LogP contribution in [0.2, 0.25) is 0 Å². The SMILES string of the molecule is CS(=O)(=O)Nc1cccc(C(=O)NC(c2ccccc2)c2ccccn2)c1. The summed E-state index contributed by atoms with van der Waals surface area (Å²) in [5, 5.41) is 2.98. The molecular formula is C20H19N3O3S. The van der Waals surface area contributed by atoms with E-state index in [0.717, 1.165) is 11.8 Å². The van der Waals surface area contributed by atoms with E-state index in [-0.39, 0.29) is 5.91 Å². The first kappa shape index (κ1) is 18.6. The second-order valence-corrected chi connectivity index (χ2v) is 7.78. The number of hydrogen-bond donors (Lipinski definition) is 2. The zero-order valence-electron chi connectivity index (χ0n) is 14.7. The first-order chi connectivity index (χ1) is 12.9. The molecule has 2 N–H and O–H groups in total. The fraction of sp³-hybridized carbons (Fsp3) is 0.100. The van der Waals surface area contributed by atoms with Gasteiger partial charge in [-0.2, -0.15) is 0 Å². The topological polar surface area (TPSA) is 88.2 Å². The minimum atomic E-state index is -3.42. The van der Waals surface area contributed by atoms with E-state index in [1.54, 1.807) is 24.4 Å². The fourth-order valence-corrected chi connectivity index (χ4v) is 3.23. The molecule has 0 radical (unpaired) electrons. The van der Waals surface area contributed by atoms with Gasteiger partial charge in [0.05, 0.1) is 18.0 Å². The van der Waals surface area contributed by atoms with Gasteiger partial charge in [-0.05, 0) is 35.9 Å². The van der Waals surface area contributed by atoms with Gasteiger partial charge >= 0.3 is 0 Å². The zero-order chi connectivity index (χ0) is 19.3. The summed E-state index contributed by atoms with van der Waals surface area (Å²) in [5.74, 6) is -0.327. The molecule has 1 heterocycles. The maximum absolute atomic E-state index is 12.8. The number of carbonyl (C=O) groups is 1. The molecule has 0 aliphatic carbocycles. The lowest BCUT2D eigenvalue weighted by Crippen LogP contribution is -2.30. The summed E-state index contributed by atoms with van der Waals surface area (Å²) < 4.78 is 25.2. The molecule has 138 valence electrons. The minimum Gasteiger partial charge on any atom is -0.340 e. The lowest BCUT2D eigenvalue weighted by atomic mass is 10.0. The van der Waals surface area contributed by atoms with Gasteiger partial charge in [-0.1, -0.05) is 42.5 Å². The van der Waals surface area contributed by atoms with Gasteiger partial charge in [0, 0.05) is 17.4 Å². The van der Waals surface area contributed by atoms with Crippen LogP contribution in [-0.2, 0) is 10.0 Å². The van der Waals surface area contributed by atoms with Crippen LogP contribution >= 0.6 is 0 Å². The molecule has 1 atom stereocenters. The van der Waals surface area contributed by atoms with Crippen molar-refractivity contribution in [3.8, 4) is 0 Å². The number of carbonyl (C=O) groups excluding carboxylic acids is 1. The first-order valence-electron chi connectivity index (χ1n) is 8.27. The minimum absolute atomic E-state index is 0.327. The Morgan fingerprint density at radius 3 is 2.37 bits per heavy atom. The van der Waals surface area contributed by atoms with Gasteiger partial charge in [0.1, 0.15) is 0 Å². The van der Waals surface area contributed by atoms with Crippen molar-refractivity contribution in [3.63, 3.8) is 0 Å². The predicted octanol–water partition coefficient (Wildman–Crippen LogP) is 2.97.